The number of rotatable bonds is 3. The van der Waals surface area contributed by atoms with Crippen molar-refractivity contribution in [2.24, 2.45) is 5.92 Å². The first-order valence-corrected chi connectivity index (χ1v) is 5.22. The smallest absolute Gasteiger partial charge is 0.123 e. The molecule has 0 bridgehead atoms. The van der Waals surface area contributed by atoms with E-state index < -0.39 is 0 Å². The Kier molecular flexibility index (Phi) is 2.75. The van der Waals surface area contributed by atoms with Gasteiger partial charge in [0.2, 0.25) is 0 Å². The molecular weight excluding hydrogens is 201 g/mol. The van der Waals surface area contributed by atoms with E-state index in [2.05, 4.69) is 12.2 Å². The van der Waals surface area contributed by atoms with Gasteiger partial charge in [-0.25, -0.2) is 4.39 Å². The number of halogens is 2. The average Bonchev–Trinajstić information content (AvgIpc) is 2.84. The summed E-state index contributed by atoms with van der Waals surface area (Å²) in [5, 5.41) is 3.97. The second kappa shape index (κ2) is 3.87. The van der Waals surface area contributed by atoms with Crippen molar-refractivity contribution in [1.29, 1.82) is 0 Å². The zero-order chi connectivity index (χ0) is 10.1. The third-order valence-corrected chi connectivity index (χ3v) is 3.04. The summed E-state index contributed by atoms with van der Waals surface area (Å²) in [6.45, 7) is 2.86. The van der Waals surface area contributed by atoms with Crippen molar-refractivity contribution >= 4 is 11.6 Å². The molecule has 2 unspecified atom stereocenters. The lowest BCUT2D eigenvalue weighted by Crippen LogP contribution is -2.17. The fourth-order valence-electron chi connectivity index (χ4n) is 1.53. The molecular formula is C11H13ClFN. The fraction of sp³-hybridized carbons (Fsp3) is 0.455. The normalized spacial score (nSPS) is 25.1. The minimum atomic E-state index is -0.227. The molecule has 2 rings (SSSR count). The summed E-state index contributed by atoms with van der Waals surface area (Å²) >= 11 is 5.93. The molecule has 0 saturated heterocycles. The highest BCUT2D eigenvalue weighted by Crippen LogP contribution is 2.29. The largest absolute Gasteiger partial charge is 0.310 e. The topological polar surface area (TPSA) is 12.0 Å². The predicted octanol–water partition coefficient (Wildman–Crippen LogP) is 2.98. The summed E-state index contributed by atoms with van der Waals surface area (Å²) in [6, 6.07) is 5.06. The number of hydrogen-bond acceptors (Lipinski definition) is 1. The highest BCUT2D eigenvalue weighted by Gasteiger charge is 2.31. The van der Waals surface area contributed by atoms with Gasteiger partial charge in [0.1, 0.15) is 5.82 Å². The standard InChI is InChI=1S/C11H13ClFN/c1-7-4-11(7)14-6-8-5-9(13)2-3-10(8)12/h2-3,5,7,11,14H,4,6H2,1H3. The van der Waals surface area contributed by atoms with E-state index in [-0.39, 0.29) is 5.82 Å². The van der Waals surface area contributed by atoms with Crippen LogP contribution < -0.4 is 5.32 Å². The quantitative estimate of drug-likeness (QED) is 0.814. The van der Waals surface area contributed by atoms with Crippen LogP contribution in [-0.4, -0.2) is 6.04 Å². The van der Waals surface area contributed by atoms with E-state index in [4.69, 9.17) is 11.6 Å². The Hall–Kier alpha value is -0.600. The van der Waals surface area contributed by atoms with Crippen LogP contribution in [0, 0.1) is 11.7 Å². The molecule has 0 amide bonds. The van der Waals surface area contributed by atoms with Crippen molar-refractivity contribution in [3.63, 3.8) is 0 Å². The molecule has 0 spiro atoms. The number of hydrogen-bond donors (Lipinski definition) is 1. The van der Waals surface area contributed by atoms with Gasteiger partial charge in [0.15, 0.2) is 0 Å². The van der Waals surface area contributed by atoms with Crippen LogP contribution in [0.25, 0.3) is 0 Å². The van der Waals surface area contributed by atoms with Gasteiger partial charge >= 0.3 is 0 Å². The molecule has 1 aliphatic rings. The highest BCUT2D eigenvalue weighted by atomic mass is 35.5. The first-order chi connectivity index (χ1) is 6.66. The Balaban J connectivity index is 1.97. The third kappa shape index (κ3) is 2.25. The van der Waals surface area contributed by atoms with Crippen LogP contribution in [0.3, 0.4) is 0 Å². The summed E-state index contributed by atoms with van der Waals surface area (Å²) < 4.78 is 12.9. The van der Waals surface area contributed by atoms with Gasteiger partial charge in [0.25, 0.3) is 0 Å². The van der Waals surface area contributed by atoms with E-state index in [0.717, 1.165) is 11.5 Å². The fourth-order valence-corrected chi connectivity index (χ4v) is 1.71. The van der Waals surface area contributed by atoms with Gasteiger partial charge in [-0.1, -0.05) is 18.5 Å². The number of nitrogens with one attached hydrogen (secondary N) is 1. The summed E-state index contributed by atoms with van der Waals surface area (Å²) in [4.78, 5) is 0. The van der Waals surface area contributed by atoms with Crippen molar-refractivity contribution in [2.45, 2.75) is 25.9 Å². The Morgan fingerprint density at radius 3 is 2.93 bits per heavy atom. The van der Waals surface area contributed by atoms with E-state index in [1.807, 2.05) is 0 Å². The molecule has 0 aliphatic heterocycles. The van der Waals surface area contributed by atoms with E-state index in [1.54, 1.807) is 6.07 Å². The summed E-state index contributed by atoms with van der Waals surface area (Å²) in [6.07, 6.45) is 1.22. The first-order valence-electron chi connectivity index (χ1n) is 4.84. The van der Waals surface area contributed by atoms with Crippen molar-refractivity contribution in [1.82, 2.24) is 5.32 Å². The maximum Gasteiger partial charge on any atom is 0.123 e. The van der Waals surface area contributed by atoms with Crippen LogP contribution in [-0.2, 0) is 6.54 Å². The molecule has 1 N–H and O–H groups in total. The van der Waals surface area contributed by atoms with Gasteiger partial charge in [0, 0.05) is 17.6 Å². The average molecular weight is 214 g/mol. The van der Waals surface area contributed by atoms with Crippen molar-refractivity contribution in [2.75, 3.05) is 0 Å². The first kappa shape index (κ1) is 9.94. The van der Waals surface area contributed by atoms with Gasteiger partial charge in [-0.3, -0.25) is 0 Å². The van der Waals surface area contributed by atoms with Crippen LogP contribution in [0.1, 0.15) is 18.9 Å². The van der Waals surface area contributed by atoms with E-state index in [9.17, 15) is 4.39 Å². The molecule has 0 radical (unpaired) electrons. The monoisotopic (exact) mass is 213 g/mol. The van der Waals surface area contributed by atoms with Gasteiger partial charge in [0.05, 0.1) is 0 Å². The molecule has 76 valence electrons. The molecule has 1 nitrogen and oxygen atoms in total. The maximum absolute atomic E-state index is 12.9. The molecule has 1 saturated carbocycles. The van der Waals surface area contributed by atoms with Crippen LogP contribution in [0.15, 0.2) is 18.2 Å². The minimum absolute atomic E-state index is 0.227. The van der Waals surface area contributed by atoms with Crippen molar-refractivity contribution < 1.29 is 4.39 Å². The Bertz CT molecular complexity index is 340. The molecule has 0 aromatic heterocycles. The SMILES string of the molecule is CC1CC1NCc1cc(F)ccc1Cl. The second-order valence-electron chi connectivity index (χ2n) is 3.94. The Morgan fingerprint density at radius 2 is 2.29 bits per heavy atom. The highest BCUT2D eigenvalue weighted by molar-refractivity contribution is 6.31. The van der Waals surface area contributed by atoms with Crippen LogP contribution in [0.4, 0.5) is 4.39 Å². The van der Waals surface area contributed by atoms with Gasteiger partial charge in [-0.05, 0) is 36.1 Å². The third-order valence-electron chi connectivity index (χ3n) is 2.67. The zero-order valence-electron chi connectivity index (χ0n) is 8.06. The van der Waals surface area contributed by atoms with Gasteiger partial charge in [-0.15, -0.1) is 0 Å². The second-order valence-corrected chi connectivity index (χ2v) is 4.34. The molecule has 1 aliphatic carbocycles. The van der Waals surface area contributed by atoms with Crippen LogP contribution in [0.5, 0.6) is 0 Å². The summed E-state index contributed by atoms with van der Waals surface area (Å²) in [5.41, 5.74) is 0.839. The zero-order valence-corrected chi connectivity index (χ0v) is 8.81. The number of benzene rings is 1. The molecule has 1 fully saturated rings. The lowest BCUT2D eigenvalue weighted by molar-refractivity contribution is 0.615. The van der Waals surface area contributed by atoms with Crippen molar-refractivity contribution in [3.05, 3.63) is 34.6 Å². The maximum atomic E-state index is 12.9. The van der Waals surface area contributed by atoms with Crippen molar-refractivity contribution in [3.8, 4) is 0 Å². The Labute approximate surface area is 88.3 Å². The van der Waals surface area contributed by atoms with E-state index in [0.29, 0.717) is 17.6 Å². The van der Waals surface area contributed by atoms with Gasteiger partial charge < -0.3 is 5.32 Å². The van der Waals surface area contributed by atoms with Crippen LogP contribution >= 0.6 is 11.6 Å². The molecule has 0 heterocycles. The lowest BCUT2D eigenvalue weighted by Gasteiger charge is -2.05. The minimum Gasteiger partial charge on any atom is -0.310 e. The molecule has 3 heteroatoms. The van der Waals surface area contributed by atoms with E-state index >= 15 is 0 Å². The molecule has 1 aromatic carbocycles. The molecule has 14 heavy (non-hydrogen) atoms. The van der Waals surface area contributed by atoms with Crippen LogP contribution in [0.2, 0.25) is 5.02 Å². The molecule has 2 atom stereocenters. The van der Waals surface area contributed by atoms with Gasteiger partial charge in [-0.2, -0.15) is 0 Å². The lowest BCUT2D eigenvalue weighted by atomic mass is 10.2. The van der Waals surface area contributed by atoms with E-state index in [1.165, 1.54) is 18.6 Å². The predicted molar refractivity (Wildman–Crippen MR) is 55.8 cm³/mol. The summed E-state index contributed by atoms with van der Waals surface area (Å²) in [5.74, 6) is 0.525. The Morgan fingerprint density at radius 1 is 1.57 bits per heavy atom. The molecule has 1 aromatic rings. The summed E-state index contributed by atoms with van der Waals surface area (Å²) in [7, 11) is 0.